The molecule has 0 saturated carbocycles. The van der Waals surface area contributed by atoms with Crippen LogP contribution in [0.4, 0.5) is 0 Å². The van der Waals surface area contributed by atoms with Gasteiger partial charge >= 0.3 is 0 Å². The number of aliphatic hydroxyl groups is 1. The number of furan rings is 1. The zero-order chi connectivity index (χ0) is 14.8. The number of hydrogen-bond donors (Lipinski definition) is 1. The van der Waals surface area contributed by atoms with Crippen molar-refractivity contribution in [1.29, 1.82) is 0 Å². The summed E-state index contributed by atoms with van der Waals surface area (Å²) in [7, 11) is 1.57. The molecule has 2 heterocycles. The van der Waals surface area contributed by atoms with Crippen molar-refractivity contribution < 1.29 is 14.3 Å². The summed E-state index contributed by atoms with van der Waals surface area (Å²) in [5.41, 5.74) is 1.61. The first kappa shape index (κ1) is 13.9. The van der Waals surface area contributed by atoms with E-state index in [2.05, 4.69) is 4.98 Å². The van der Waals surface area contributed by atoms with Crippen LogP contribution in [0.15, 0.2) is 47.0 Å². The lowest BCUT2D eigenvalue weighted by Crippen LogP contribution is -2.01. The Labute approximate surface area is 126 Å². The van der Waals surface area contributed by atoms with Gasteiger partial charge in [0.25, 0.3) is 0 Å². The Kier molecular flexibility index (Phi) is 3.82. The molecule has 5 heteroatoms. The van der Waals surface area contributed by atoms with E-state index in [0.717, 1.165) is 10.9 Å². The van der Waals surface area contributed by atoms with Crippen molar-refractivity contribution in [2.75, 3.05) is 7.11 Å². The maximum Gasteiger partial charge on any atom is 0.212 e. The van der Waals surface area contributed by atoms with Gasteiger partial charge in [0.15, 0.2) is 0 Å². The monoisotopic (exact) mass is 303 g/mol. The van der Waals surface area contributed by atoms with E-state index in [1.54, 1.807) is 31.5 Å². The van der Waals surface area contributed by atoms with Crippen LogP contribution >= 0.6 is 11.6 Å². The number of ether oxygens (including phenoxy) is 1. The molecule has 1 unspecified atom stereocenters. The van der Waals surface area contributed by atoms with Crippen molar-refractivity contribution in [2.24, 2.45) is 0 Å². The van der Waals surface area contributed by atoms with Crippen LogP contribution in [0.2, 0.25) is 5.02 Å². The van der Waals surface area contributed by atoms with E-state index >= 15 is 0 Å². The molecule has 0 saturated heterocycles. The molecule has 0 fully saturated rings. The summed E-state index contributed by atoms with van der Waals surface area (Å²) in [5.74, 6) is 1.06. The van der Waals surface area contributed by atoms with Gasteiger partial charge in [0.05, 0.1) is 7.11 Å². The Hall–Kier alpha value is -2.04. The number of rotatable bonds is 4. The molecule has 0 aliphatic rings. The molecular weight excluding hydrogens is 290 g/mol. The number of aliphatic hydroxyl groups excluding tert-OH is 1. The second-order valence-electron chi connectivity index (χ2n) is 4.76. The highest BCUT2D eigenvalue weighted by Gasteiger charge is 2.14. The average Bonchev–Trinajstić information content (AvgIpc) is 2.91. The van der Waals surface area contributed by atoms with Gasteiger partial charge in [-0.15, -0.1) is 0 Å². The highest BCUT2D eigenvalue weighted by molar-refractivity contribution is 6.31. The predicted molar refractivity (Wildman–Crippen MR) is 80.7 cm³/mol. The Morgan fingerprint density at radius 3 is 2.86 bits per heavy atom. The molecule has 4 nitrogen and oxygen atoms in total. The lowest BCUT2D eigenvalue weighted by Gasteiger charge is -2.07. The van der Waals surface area contributed by atoms with Gasteiger partial charge in [-0.2, -0.15) is 0 Å². The minimum absolute atomic E-state index is 0.421. The summed E-state index contributed by atoms with van der Waals surface area (Å²) in [6.45, 7) is 0. The van der Waals surface area contributed by atoms with E-state index in [-0.39, 0.29) is 0 Å². The lowest BCUT2D eigenvalue weighted by atomic mass is 10.1. The fraction of sp³-hybridized carbons (Fsp3) is 0.188. The minimum Gasteiger partial charge on any atom is -0.481 e. The third kappa shape index (κ3) is 3.01. The van der Waals surface area contributed by atoms with E-state index in [0.29, 0.717) is 28.7 Å². The van der Waals surface area contributed by atoms with Gasteiger partial charge in [0.1, 0.15) is 17.4 Å². The number of hydrogen-bond acceptors (Lipinski definition) is 4. The Morgan fingerprint density at radius 1 is 1.29 bits per heavy atom. The Morgan fingerprint density at radius 2 is 2.14 bits per heavy atom. The highest BCUT2D eigenvalue weighted by Crippen LogP contribution is 2.28. The summed E-state index contributed by atoms with van der Waals surface area (Å²) < 4.78 is 10.7. The molecule has 0 radical (unpaired) electrons. The standard InChI is InChI=1S/C16H14ClNO3/c1-20-16-5-2-10(9-18-16)6-13(19)15-8-11-7-12(17)3-4-14(11)21-15/h2-5,7-9,13,19H,6H2,1H3. The van der Waals surface area contributed by atoms with Gasteiger partial charge in [-0.25, -0.2) is 4.98 Å². The summed E-state index contributed by atoms with van der Waals surface area (Å²) >= 11 is 5.94. The number of nitrogens with zero attached hydrogens (tertiary/aromatic N) is 1. The van der Waals surface area contributed by atoms with Crippen LogP contribution in [0.25, 0.3) is 11.0 Å². The summed E-state index contributed by atoms with van der Waals surface area (Å²) in [6.07, 6.45) is 1.37. The molecule has 0 spiro atoms. The van der Waals surface area contributed by atoms with Crippen LogP contribution in [-0.2, 0) is 6.42 Å². The topological polar surface area (TPSA) is 55.5 Å². The zero-order valence-electron chi connectivity index (χ0n) is 11.4. The molecule has 3 aromatic rings. The van der Waals surface area contributed by atoms with Crippen molar-refractivity contribution in [3.05, 3.63) is 58.9 Å². The first-order valence-corrected chi connectivity index (χ1v) is 6.89. The molecule has 2 aromatic heterocycles. The molecule has 21 heavy (non-hydrogen) atoms. The van der Waals surface area contributed by atoms with Crippen LogP contribution in [0.1, 0.15) is 17.4 Å². The normalized spacial score (nSPS) is 12.5. The second-order valence-corrected chi connectivity index (χ2v) is 5.20. The zero-order valence-corrected chi connectivity index (χ0v) is 12.2. The molecule has 0 amide bonds. The Bertz CT molecular complexity index is 752. The minimum atomic E-state index is -0.730. The molecule has 1 atom stereocenters. The van der Waals surface area contributed by atoms with Gasteiger partial charge < -0.3 is 14.3 Å². The number of pyridine rings is 1. The van der Waals surface area contributed by atoms with Crippen LogP contribution in [-0.4, -0.2) is 17.2 Å². The number of benzene rings is 1. The van der Waals surface area contributed by atoms with Gasteiger partial charge in [0.2, 0.25) is 5.88 Å². The quantitative estimate of drug-likeness (QED) is 0.797. The molecule has 0 aliphatic carbocycles. The summed E-state index contributed by atoms with van der Waals surface area (Å²) in [6, 6.07) is 10.8. The molecule has 3 rings (SSSR count). The van der Waals surface area contributed by atoms with Crippen LogP contribution in [0.3, 0.4) is 0 Å². The largest absolute Gasteiger partial charge is 0.481 e. The number of aromatic nitrogens is 1. The number of fused-ring (bicyclic) bond motifs is 1. The summed E-state index contributed by atoms with van der Waals surface area (Å²) in [4.78, 5) is 4.12. The highest BCUT2D eigenvalue weighted by atomic mass is 35.5. The molecule has 108 valence electrons. The van der Waals surface area contributed by atoms with Crippen molar-refractivity contribution in [2.45, 2.75) is 12.5 Å². The number of methoxy groups -OCH3 is 1. The third-order valence-electron chi connectivity index (χ3n) is 3.26. The van der Waals surface area contributed by atoms with Gasteiger partial charge in [-0.3, -0.25) is 0 Å². The predicted octanol–water partition coefficient (Wildman–Crippen LogP) is 3.77. The maximum absolute atomic E-state index is 10.3. The van der Waals surface area contributed by atoms with Crippen molar-refractivity contribution in [3.63, 3.8) is 0 Å². The lowest BCUT2D eigenvalue weighted by molar-refractivity contribution is 0.152. The SMILES string of the molecule is COc1ccc(CC(O)c2cc3cc(Cl)ccc3o2)cn1. The van der Waals surface area contributed by atoms with E-state index in [1.807, 2.05) is 18.2 Å². The van der Waals surface area contributed by atoms with Crippen LogP contribution in [0.5, 0.6) is 5.88 Å². The van der Waals surface area contributed by atoms with Crippen molar-refractivity contribution in [1.82, 2.24) is 4.98 Å². The smallest absolute Gasteiger partial charge is 0.212 e. The third-order valence-corrected chi connectivity index (χ3v) is 3.50. The molecule has 1 aromatic carbocycles. The van der Waals surface area contributed by atoms with Crippen LogP contribution < -0.4 is 4.74 Å². The maximum atomic E-state index is 10.3. The van der Waals surface area contributed by atoms with E-state index in [9.17, 15) is 5.11 Å². The molecule has 1 N–H and O–H groups in total. The summed E-state index contributed by atoms with van der Waals surface area (Å²) in [5, 5.41) is 11.8. The van der Waals surface area contributed by atoms with Gasteiger partial charge in [-0.1, -0.05) is 17.7 Å². The molecule has 0 aliphatic heterocycles. The van der Waals surface area contributed by atoms with E-state index in [1.165, 1.54) is 0 Å². The molecular formula is C16H14ClNO3. The first-order chi connectivity index (χ1) is 10.2. The fourth-order valence-electron chi connectivity index (χ4n) is 2.18. The first-order valence-electron chi connectivity index (χ1n) is 6.51. The van der Waals surface area contributed by atoms with Crippen molar-refractivity contribution in [3.8, 4) is 5.88 Å². The fourth-order valence-corrected chi connectivity index (χ4v) is 2.36. The van der Waals surface area contributed by atoms with Crippen LogP contribution in [0, 0.1) is 0 Å². The van der Waals surface area contributed by atoms with E-state index in [4.69, 9.17) is 20.8 Å². The Balaban J connectivity index is 1.80. The van der Waals surface area contributed by atoms with Gasteiger partial charge in [0, 0.05) is 29.1 Å². The van der Waals surface area contributed by atoms with Gasteiger partial charge in [-0.05, 0) is 29.8 Å². The van der Waals surface area contributed by atoms with E-state index < -0.39 is 6.10 Å². The average molecular weight is 304 g/mol. The van der Waals surface area contributed by atoms with Crippen molar-refractivity contribution >= 4 is 22.6 Å². The number of halogens is 1. The molecule has 0 bridgehead atoms. The second kappa shape index (κ2) is 5.76.